The zero-order chi connectivity index (χ0) is 23.3. The van der Waals surface area contributed by atoms with Gasteiger partial charge in [0.1, 0.15) is 23.2 Å². The molecule has 4 atom stereocenters. The molecular formula is C23H21F2N5O3. The van der Waals surface area contributed by atoms with E-state index >= 15 is 0 Å². The van der Waals surface area contributed by atoms with Crippen LogP contribution in [0.2, 0.25) is 0 Å². The molecule has 5 rings (SSSR count). The van der Waals surface area contributed by atoms with E-state index in [1.807, 2.05) is 0 Å². The Bertz CT molecular complexity index is 1150. The van der Waals surface area contributed by atoms with Crippen LogP contribution in [0.3, 0.4) is 0 Å². The standard InChI is InChI=1S/C23H21F2N5O3/c1-12(31)28-7-15-10-30(22(32)33-15)14-4-18(24)21(19(25)5-14)13-2-3-20(29-6-13)23(11-26)16-8-27-9-17(16)23/h2-6,15-17,27H,7-10H2,1H3,(H,28,31)/t15-,16-,17+,23+/m0/s1. The molecule has 8 nitrogen and oxygen atoms in total. The number of nitriles is 1. The van der Waals surface area contributed by atoms with Gasteiger partial charge in [-0.25, -0.2) is 13.6 Å². The highest BCUT2D eigenvalue weighted by atomic mass is 19.1. The Balaban J connectivity index is 1.37. The fraction of sp³-hybridized carbons (Fsp3) is 0.391. The van der Waals surface area contributed by atoms with Gasteiger partial charge in [-0.2, -0.15) is 5.26 Å². The second-order valence-corrected chi connectivity index (χ2v) is 8.62. The molecule has 2 saturated heterocycles. The lowest BCUT2D eigenvalue weighted by Crippen LogP contribution is -2.33. The molecule has 33 heavy (non-hydrogen) atoms. The minimum atomic E-state index is -0.847. The number of halogens is 2. The Hall–Kier alpha value is -3.58. The zero-order valence-electron chi connectivity index (χ0n) is 17.8. The zero-order valence-corrected chi connectivity index (χ0v) is 17.8. The molecule has 3 aliphatic rings. The molecule has 1 aromatic carbocycles. The first-order chi connectivity index (χ1) is 15.8. The van der Waals surface area contributed by atoms with Crippen molar-refractivity contribution in [3.8, 4) is 17.2 Å². The Morgan fingerprint density at radius 3 is 2.61 bits per heavy atom. The highest BCUT2D eigenvalue weighted by molar-refractivity contribution is 5.90. The summed E-state index contributed by atoms with van der Waals surface area (Å²) < 4.78 is 35.1. The van der Waals surface area contributed by atoms with E-state index in [0.29, 0.717) is 5.69 Å². The highest BCUT2D eigenvalue weighted by Crippen LogP contribution is 2.60. The molecule has 2 aromatic rings. The van der Waals surface area contributed by atoms with Crippen LogP contribution >= 0.6 is 0 Å². The van der Waals surface area contributed by atoms with Crippen LogP contribution in [0.4, 0.5) is 19.3 Å². The van der Waals surface area contributed by atoms with Crippen molar-refractivity contribution in [2.75, 3.05) is 31.1 Å². The molecule has 170 valence electrons. The highest BCUT2D eigenvalue weighted by Gasteiger charge is 2.69. The Kier molecular flexibility index (Phi) is 5.01. The second-order valence-electron chi connectivity index (χ2n) is 8.62. The van der Waals surface area contributed by atoms with Gasteiger partial charge in [-0.1, -0.05) is 6.07 Å². The van der Waals surface area contributed by atoms with E-state index in [-0.39, 0.29) is 47.6 Å². The number of aromatic nitrogens is 1. The average Bonchev–Trinajstić information content (AvgIpc) is 3.09. The van der Waals surface area contributed by atoms with Crippen LogP contribution in [0.5, 0.6) is 0 Å². The van der Waals surface area contributed by atoms with Crippen LogP contribution < -0.4 is 15.5 Å². The van der Waals surface area contributed by atoms with Gasteiger partial charge < -0.3 is 15.4 Å². The minimum absolute atomic E-state index is 0.0235. The first-order valence-corrected chi connectivity index (χ1v) is 10.7. The molecule has 2 amide bonds. The minimum Gasteiger partial charge on any atom is -0.442 e. The van der Waals surface area contributed by atoms with Crippen LogP contribution in [-0.2, 0) is 14.9 Å². The predicted molar refractivity (Wildman–Crippen MR) is 113 cm³/mol. The monoisotopic (exact) mass is 453 g/mol. The van der Waals surface area contributed by atoms with Crippen molar-refractivity contribution in [2.45, 2.75) is 18.4 Å². The first kappa shape index (κ1) is 21.3. The van der Waals surface area contributed by atoms with Gasteiger partial charge in [0, 0.05) is 43.6 Å². The van der Waals surface area contributed by atoms with Crippen LogP contribution in [0.1, 0.15) is 12.6 Å². The van der Waals surface area contributed by atoms with E-state index in [0.717, 1.165) is 30.1 Å². The molecule has 1 aromatic heterocycles. The van der Waals surface area contributed by atoms with Crippen LogP contribution in [0.15, 0.2) is 30.5 Å². The van der Waals surface area contributed by atoms with Gasteiger partial charge in [0.15, 0.2) is 0 Å². The third-order valence-corrected chi connectivity index (χ3v) is 6.73. The number of rotatable bonds is 5. The number of piperidine rings is 1. The molecular weight excluding hydrogens is 432 g/mol. The third-order valence-electron chi connectivity index (χ3n) is 6.73. The smallest absolute Gasteiger partial charge is 0.414 e. The van der Waals surface area contributed by atoms with E-state index in [2.05, 4.69) is 21.7 Å². The van der Waals surface area contributed by atoms with Crippen molar-refractivity contribution in [1.29, 1.82) is 5.26 Å². The molecule has 1 saturated carbocycles. The van der Waals surface area contributed by atoms with Gasteiger partial charge >= 0.3 is 6.09 Å². The number of carbonyl (C=O) groups is 2. The van der Waals surface area contributed by atoms with Crippen molar-refractivity contribution >= 4 is 17.7 Å². The molecule has 0 radical (unpaired) electrons. The lowest BCUT2D eigenvalue weighted by Gasteiger charge is -2.16. The number of anilines is 1. The van der Waals surface area contributed by atoms with E-state index in [4.69, 9.17) is 4.74 Å². The van der Waals surface area contributed by atoms with Crippen molar-refractivity contribution in [2.24, 2.45) is 11.8 Å². The summed E-state index contributed by atoms with van der Waals surface area (Å²) in [6.07, 6.45) is 0.0210. The number of cyclic esters (lactones) is 1. The fourth-order valence-electron chi connectivity index (χ4n) is 5.02. The lowest BCUT2D eigenvalue weighted by atomic mass is 9.95. The number of hydrogen-bond donors (Lipinski definition) is 2. The second kappa shape index (κ2) is 7.78. The van der Waals surface area contributed by atoms with Gasteiger partial charge in [-0.3, -0.25) is 14.7 Å². The average molecular weight is 453 g/mol. The number of benzene rings is 1. The molecule has 2 N–H and O–H groups in total. The molecule has 3 heterocycles. The largest absolute Gasteiger partial charge is 0.442 e. The number of nitrogens with zero attached hydrogens (tertiary/aromatic N) is 3. The number of amides is 2. The number of fused-ring (bicyclic) bond motifs is 1. The Labute approximate surface area is 188 Å². The van der Waals surface area contributed by atoms with Crippen LogP contribution in [0, 0.1) is 34.8 Å². The maximum Gasteiger partial charge on any atom is 0.414 e. The van der Waals surface area contributed by atoms with Crippen molar-refractivity contribution in [1.82, 2.24) is 15.6 Å². The van der Waals surface area contributed by atoms with E-state index in [9.17, 15) is 23.6 Å². The van der Waals surface area contributed by atoms with Crippen LogP contribution in [-0.4, -0.2) is 49.3 Å². The van der Waals surface area contributed by atoms with E-state index in [1.165, 1.54) is 13.1 Å². The number of nitrogens with one attached hydrogen (secondary N) is 2. The fourth-order valence-corrected chi connectivity index (χ4v) is 5.02. The summed E-state index contributed by atoms with van der Waals surface area (Å²) in [7, 11) is 0. The molecule has 0 spiro atoms. The van der Waals surface area contributed by atoms with Crippen molar-refractivity contribution in [3.63, 3.8) is 0 Å². The lowest BCUT2D eigenvalue weighted by molar-refractivity contribution is -0.119. The number of carbonyl (C=O) groups excluding carboxylic acids is 2. The summed E-state index contributed by atoms with van der Waals surface area (Å²) in [6, 6.07) is 7.76. The SMILES string of the molecule is CC(=O)NC[C@H]1CN(c2cc(F)c(-c3ccc([C@@]4(C#N)[C@@H]5CNC[C@@H]54)nc3)c(F)c2)C(=O)O1. The summed E-state index contributed by atoms with van der Waals surface area (Å²) in [5, 5.41) is 15.5. The Morgan fingerprint density at radius 2 is 2.03 bits per heavy atom. The topological polar surface area (TPSA) is 107 Å². The normalized spacial score (nSPS) is 27.6. The summed E-state index contributed by atoms with van der Waals surface area (Å²) in [5.41, 5.74) is -0.00830. The molecule has 1 aliphatic carbocycles. The molecule has 10 heteroatoms. The Morgan fingerprint density at radius 1 is 1.33 bits per heavy atom. The summed E-state index contributed by atoms with van der Waals surface area (Å²) in [4.78, 5) is 28.7. The maximum absolute atomic E-state index is 15.0. The van der Waals surface area contributed by atoms with Gasteiger partial charge in [-0.05, 0) is 18.2 Å². The number of pyridine rings is 1. The van der Waals surface area contributed by atoms with Crippen molar-refractivity contribution < 1.29 is 23.1 Å². The summed E-state index contributed by atoms with van der Waals surface area (Å²) >= 11 is 0. The molecule has 0 unspecified atom stereocenters. The van der Waals surface area contributed by atoms with Crippen LogP contribution in [0.25, 0.3) is 11.1 Å². The molecule has 3 fully saturated rings. The maximum atomic E-state index is 15.0. The van der Waals surface area contributed by atoms with E-state index < -0.39 is 29.2 Å². The summed E-state index contributed by atoms with van der Waals surface area (Å²) in [5.74, 6) is -1.54. The number of hydrogen-bond acceptors (Lipinski definition) is 6. The van der Waals surface area contributed by atoms with Gasteiger partial charge in [0.25, 0.3) is 0 Å². The van der Waals surface area contributed by atoms with Crippen molar-refractivity contribution in [3.05, 3.63) is 47.8 Å². The van der Waals surface area contributed by atoms with Gasteiger partial charge in [-0.15, -0.1) is 0 Å². The number of ether oxygens (including phenoxy) is 1. The predicted octanol–water partition coefficient (Wildman–Crippen LogP) is 2.10. The molecule has 0 bridgehead atoms. The van der Waals surface area contributed by atoms with E-state index in [1.54, 1.807) is 12.1 Å². The summed E-state index contributed by atoms with van der Waals surface area (Å²) in [6.45, 7) is 3.03. The quantitative estimate of drug-likeness (QED) is 0.718. The van der Waals surface area contributed by atoms with Gasteiger partial charge in [0.2, 0.25) is 5.91 Å². The third kappa shape index (κ3) is 3.40. The first-order valence-electron chi connectivity index (χ1n) is 10.7. The van der Waals surface area contributed by atoms with Gasteiger partial charge in [0.05, 0.1) is 36.1 Å². The molecule has 2 aliphatic heterocycles.